The zero-order valence-corrected chi connectivity index (χ0v) is 13.4. The molecule has 0 saturated heterocycles. The van der Waals surface area contributed by atoms with E-state index in [9.17, 15) is 14.7 Å². The number of aliphatic imine (C=N–C) groups is 1. The van der Waals surface area contributed by atoms with Gasteiger partial charge in [0.1, 0.15) is 11.3 Å². The van der Waals surface area contributed by atoms with Gasteiger partial charge in [-0.3, -0.25) is 14.6 Å². The highest BCUT2D eigenvalue weighted by Crippen LogP contribution is 2.25. The van der Waals surface area contributed by atoms with Gasteiger partial charge in [0, 0.05) is 24.2 Å². The average molecular weight is 320 g/mol. The van der Waals surface area contributed by atoms with Crippen LogP contribution in [0.2, 0.25) is 0 Å². The molecule has 2 aromatic carbocycles. The number of ketones is 1. The first-order valence-electron chi connectivity index (χ1n) is 7.45. The second kappa shape index (κ2) is 6.12. The Morgan fingerprint density at radius 1 is 1.12 bits per heavy atom. The van der Waals surface area contributed by atoms with E-state index < -0.39 is 0 Å². The predicted octanol–water partition coefficient (Wildman–Crippen LogP) is 3.20. The van der Waals surface area contributed by atoms with Crippen LogP contribution in [0.15, 0.2) is 58.3 Å². The SMILES string of the molecule is CC(=O)c1ccc(N=Cc2c(O)c3ccccc3n(C)c2=O)cc1. The minimum Gasteiger partial charge on any atom is -0.506 e. The molecule has 0 unspecified atom stereocenters. The van der Waals surface area contributed by atoms with Crippen molar-refractivity contribution in [3.05, 3.63) is 70.0 Å². The van der Waals surface area contributed by atoms with Crippen LogP contribution in [-0.4, -0.2) is 21.7 Å². The van der Waals surface area contributed by atoms with Crippen molar-refractivity contribution in [3.8, 4) is 5.75 Å². The minimum atomic E-state index is -0.324. The van der Waals surface area contributed by atoms with Crippen LogP contribution in [0, 0.1) is 0 Å². The largest absolute Gasteiger partial charge is 0.506 e. The lowest BCUT2D eigenvalue weighted by Crippen LogP contribution is -2.21. The van der Waals surface area contributed by atoms with Gasteiger partial charge in [0.2, 0.25) is 0 Å². The Balaban J connectivity index is 2.07. The number of aromatic nitrogens is 1. The van der Waals surface area contributed by atoms with Crippen molar-refractivity contribution in [1.29, 1.82) is 0 Å². The van der Waals surface area contributed by atoms with Crippen LogP contribution in [0.4, 0.5) is 5.69 Å². The maximum absolute atomic E-state index is 12.4. The first-order chi connectivity index (χ1) is 11.5. The fourth-order valence-corrected chi connectivity index (χ4v) is 2.54. The molecular weight excluding hydrogens is 304 g/mol. The van der Waals surface area contributed by atoms with Crippen molar-refractivity contribution in [2.24, 2.45) is 12.0 Å². The van der Waals surface area contributed by atoms with E-state index in [1.54, 1.807) is 49.5 Å². The van der Waals surface area contributed by atoms with Gasteiger partial charge in [-0.1, -0.05) is 12.1 Å². The van der Waals surface area contributed by atoms with Crippen LogP contribution in [0.1, 0.15) is 22.8 Å². The number of hydrogen-bond acceptors (Lipinski definition) is 4. The molecule has 0 spiro atoms. The summed E-state index contributed by atoms with van der Waals surface area (Å²) in [6.45, 7) is 1.50. The molecule has 5 nitrogen and oxygen atoms in total. The molecule has 0 aliphatic rings. The molecule has 5 heteroatoms. The monoisotopic (exact) mass is 320 g/mol. The number of rotatable bonds is 3. The lowest BCUT2D eigenvalue weighted by atomic mass is 10.1. The quantitative estimate of drug-likeness (QED) is 0.595. The van der Waals surface area contributed by atoms with E-state index >= 15 is 0 Å². The summed E-state index contributed by atoms with van der Waals surface area (Å²) in [5.41, 5.74) is 1.65. The standard InChI is InChI=1S/C19H16N2O3/c1-12(22)13-7-9-14(10-8-13)20-11-16-18(23)15-5-3-4-6-17(15)21(2)19(16)24/h3-11,23H,1-2H3. The zero-order valence-electron chi connectivity index (χ0n) is 13.4. The summed E-state index contributed by atoms with van der Waals surface area (Å²) >= 11 is 0. The first-order valence-corrected chi connectivity index (χ1v) is 7.45. The molecule has 3 aromatic rings. The molecule has 0 aliphatic heterocycles. The zero-order chi connectivity index (χ0) is 17.3. The number of fused-ring (bicyclic) bond motifs is 1. The van der Waals surface area contributed by atoms with Gasteiger partial charge in [0.05, 0.1) is 11.2 Å². The van der Waals surface area contributed by atoms with Crippen molar-refractivity contribution >= 4 is 28.6 Å². The molecule has 1 heterocycles. The van der Waals surface area contributed by atoms with Gasteiger partial charge in [0.25, 0.3) is 5.56 Å². The number of aromatic hydroxyl groups is 1. The number of carbonyl (C=O) groups is 1. The van der Waals surface area contributed by atoms with Gasteiger partial charge in [-0.15, -0.1) is 0 Å². The maximum Gasteiger partial charge on any atom is 0.263 e. The second-order valence-corrected chi connectivity index (χ2v) is 5.50. The van der Waals surface area contributed by atoms with Crippen LogP contribution in [0.3, 0.4) is 0 Å². The molecule has 0 amide bonds. The van der Waals surface area contributed by atoms with Crippen molar-refractivity contribution in [2.45, 2.75) is 6.92 Å². The van der Waals surface area contributed by atoms with E-state index in [-0.39, 0.29) is 22.7 Å². The summed E-state index contributed by atoms with van der Waals surface area (Å²) < 4.78 is 1.48. The van der Waals surface area contributed by atoms with Crippen molar-refractivity contribution < 1.29 is 9.90 Å². The Morgan fingerprint density at radius 2 is 1.79 bits per heavy atom. The summed E-state index contributed by atoms with van der Waals surface area (Å²) in [6.07, 6.45) is 1.35. The van der Waals surface area contributed by atoms with E-state index in [0.717, 1.165) is 0 Å². The van der Waals surface area contributed by atoms with Gasteiger partial charge >= 0.3 is 0 Å². The number of hydrogen-bond donors (Lipinski definition) is 1. The molecule has 1 N–H and O–H groups in total. The van der Waals surface area contributed by atoms with Crippen molar-refractivity contribution in [2.75, 3.05) is 0 Å². The fourth-order valence-electron chi connectivity index (χ4n) is 2.54. The second-order valence-electron chi connectivity index (χ2n) is 5.50. The third-order valence-electron chi connectivity index (χ3n) is 3.93. The van der Waals surface area contributed by atoms with Crippen LogP contribution in [0.25, 0.3) is 10.9 Å². The van der Waals surface area contributed by atoms with Crippen molar-refractivity contribution in [3.63, 3.8) is 0 Å². The highest BCUT2D eigenvalue weighted by molar-refractivity contribution is 5.96. The number of benzene rings is 2. The predicted molar refractivity (Wildman–Crippen MR) is 94.6 cm³/mol. The Labute approximate surface area is 138 Å². The molecular formula is C19H16N2O3. The summed E-state index contributed by atoms with van der Waals surface area (Å²) in [7, 11) is 1.66. The van der Waals surface area contributed by atoms with Crippen LogP contribution < -0.4 is 5.56 Å². The van der Waals surface area contributed by atoms with Crippen LogP contribution in [-0.2, 0) is 7.05 Å². The molecule has 0 radical (unpaired) electrons. The average Bonchev–Trinajstić information content (AvgIpc) is 2.60. The van der Waals surface area contributed by atoms with E-state index in [0.29, 0.717) is 22.2 Å². The van der Waals surface area contributed by atoms with Crippen LogP contribution >= 0.6 is 0 Å². The topological polar surface area (TPSA) is 71.7 Å². The van der Waals surface area contributed by atoms with E-state index in [4.69, 9.17) is 0 Å². The number of nitrogens with zero attached hydrogens (tertiary/aromatic N) is 2. The molecule has 1 aromatic heterocycles. The Kier molecular flexibility index (Phi) is 4.00. The van der Waals surface area contributed by atoms with Gasteiger partial charge in [-0.05, 0) is 43.3 Å². The molecule has 120 valence electrons. The molecule has 0 bridgehead atoms. The number of para-hydroxylation sites is 1. The van der Waals surface area contributed by atoms with Gasteiger partial charge in [-0.25, -0.2) is 0 Å². The molecule has 3 rings (SSSR count). The normalized spacial score (nSPS) is 11.2. The molecule has 0 aliphatic carbocycles. The Hall–Kier alpha value is -3.21. The minimum absolute atomic E-state index is 0.0217. The summed E-state index contributed by atoms with van der Waals surface area (Å²) in [4.78, 5) is 27.9. The summed E-state index contributed by atoms with van der Waals surface area (Å²) in [5.74, 6) is -0.107. The molecule has 0 fully saturated rings. The highest BCUT2D eigenvalue weighted by Gasteiger charge is 2.12. The number of aryl methyl sites for hydroxylation is 1. The molecule has 24 heavy (non-hydrogen) atoms. The van der Waals surface area contributed by atoms with E-state index in [1.807, 2.05) is 6.07 Å². The Bertz CT molecular complexity index is 1020. The van der Waals surface area contributed by atoms with E-state index in [2.05, 4.69) is 4.99 Å². The Morgan fingerprint density at radius 3 is 2.46 bits per heavy atom. The van der Waals surface area contributed by atoms with Gasteiger partial charge in [-0.2, -0.15) is 0 Å². The van der Waals surface area contributed by atoms with Gasteiger partial charge < -0.3 is 9.67 Å². The van der Waals surface area contributed by atoms with Gasteiger partial charge in [0.15, 0.2) is 5.78 Å². The lowest BCUT2D eigenvalue weighted by molar-refractivity contribution is 0.101. The smallest absolute Gasteiger partial charge is 0.263 e. The fraction of sp³-hybridized carbons (Fsp3) is 0.105. The maximum atomic E-state index is 12.4. The number of pyridine rings is 1. The molecule has 0 saturated carbocycles. The summed E-state index contributed by atoms with van der Waals surface area (Å²) in [6, 6.07) is 13.9. The molecule has 0 atom stereocenters. The lowest BCUT2D eigenvalue weighted by Gasteiger charge is -2.09. The third-order valence-corrected chi connectivity index (χ3v) is 3.93. The first kappa shape index (κ1) is 15.7. The number of carbonyl (C=O) groups excluding carboxylic acids is 1. The number of Topliss-reactive ketones (excluding diaryl/α,β-unsaturated/α-hetero) is 1. The van der Waals surface area contributed by atoms with Crippen LogP contribution in [0.5, 0.6) is 5.75 Å². The van der Waals surface area contributed by atoms with E-state index in [1.165, 1.54) is 17.7 Å². The third kappa shape index (κ3) is 2.72. The van der Waals surface area contributed by atoms with Crippen molar-refractivity contribution in [1.82, 2.24) is 4.57 Å². The summed E-state index contributed by atoms with van der Waals surface area (Å²) in [5, 5.41) is 11.0. The highest BCUT2D eigenvalue weighted by atomic mass is 16.3.